The number of hydrogen-bond acceptors (Lipinski definition) is 3. The summed E-state index contributed by atoms with van der Waals surface area (Å²) in [6, 6.07) is 18.1. The van der Waals surface area contributed by atoms with Crippen molar-refractivity contribution in [3.8, 4) is 0 Å². The van der Waals surface area contributed by atoms with E-state index in [1.807, 2.05) is 0 Å². The van der Waals surface area contributed by atoms with Crippen molar-refractivity contribution in [2.45, 2.75) is 25.4 Å². The van der Waals surface area contributed by atoms with Gasteiger partial charge in [0.05, 0.1) is 19.3 Å². The van der Waals surface area contributed by atoms with Crippen LogP contribution in [-0.4, -0.2) is 31.2 Å². The number of morpholine rings is 1. The molecule has 2 heterocycles. The smallest absolute Gasteiger partial charge is 0.0594 e. The first-order valence-corrected chi connectivity index (χ1v) is 8.62. The van der Waals surface area contributed by atoms with Crippen LogP contribution in [0, 0.1) is 0 Å². The second-order valence-electron chi connectivity index (χ2n) is 6.53. The summed E-state index contributed by atoms with van der Waals surface area (Å²) < 4.78 is 5.43. The molecule has 120 valence electrons. The molecule has 23 heavy (non-hydrogen) atoms. The first kappa shape index (κ1) is 14.7. The van der Waals surface area contributed by atoms with Crippen LogP contribution in [0.3, 0.4) is 0 Å². The largest absolute Gasteiger partial charge is 0.379 e. The molecule has 1 N–H and O–H groups in total. The average molecular weight is 308 g/mol. The molecule has 3 heteroatoms. The molecule has 0 spiro atoms. The molecule has 0 aromatic heterocycles. The third-order valence-electron chi connectivity index (χ3n) is 4.91. The molecule has 1 atom stereocenters. The molecule has 1 saturated heterocycles. The standard InChI is InChI=1S/C20H24N2O/c1-2-4-17(5-3-1)19-9-7-18-14-16(6-8-20(18)21-19)15-22-10-12-23-13-11-22/h1-6,8,14,19,21H,7,9-13,15H2. The number of aryl methyl sites for hydroxylation is 1. The number of anilines is 1. The van der Waals surface area contributed by atoms with Crippen LogP contribution in [0.25, 0.3) is 0 Å². The minimum atomic E-state index is 0.439. The van der Waals surface area contributed by atoms with Crippen molar-refractivity contribution >= 4 is 5.69 Å². The molecule has 2 aliphatic heterocycles. The lowest BCUT2D eigenvalue weighted by Gasteiger charge is -2.29. The Kier molecular flexibility index (Phi) is 4.31. The van der Waals surface area contributed by atoms with E-state index >= 15 is 0 Å². The number of nitrogens with zero attached hydrogens (tertiary/aromatic N) is 1. The Morgan fingerprint density at radius 2 is 1.87 bits per heavy atom. The van der Waals surface area contributed by atoms with Crippen LogP contribution in [0.1, 0.15) is 29.2 Å². The summed E-state index contributed by atoms with van der Waals surface area (Å²) in [6.45, 7) is 4.87. The van der Waals surface area contributed by atoms with Crippen LogP contribution in [0.4, 0.5) is 5.69 Å². The molecule has 2 aliphatic rings. The van der Waals surface area contributed by atoms with Crippen LogP contribution < -0.4 is 5.32 Å². The normalized spacial score (nSPS) is 21.5. The highest BCUT2D eigenvalue weighted by Gasteiger charge is 2.19. The van der Waals surface area contributed by atoms with Gasteiger partial charge in [-0.15, -0.1) is 0 Å². The lowest BCUT2D eigenvalue weighted by Crippen LogP contribution is -2.35. The second-order valence-corrected chi connectivity index (χ2v) is 6.53. The summed E-state index contributed by atoms with van der Waals surface area (Å²) >= 11 is 0. The molecule has 4 rings (SSSR count). The van der Waals surface area contributed by atoms with Gasteiger partial charge in [-0.25, -0.2) is 0 Å². The topological polar surface area (TPSA) is 24.5 Å². The Balaban J connectivity index is 1.46. The molecule has 2 aromatic carbocycles. The lowest BCUT2D eigenvalue weighted by atomic mass is 9.92. The Morgan fingerprint density at radius 3 is 2.70 bits per heavy atom. The van der Waals surface area contributed by atoms with Gasteiger partial charge < -0.3 is 10.1 Å². The first-order chi connectivity index (χ1) is 11.4. The molecular weight excluding hydrogens is 284 g/mol. The predicted molar refractivity (Wildman–Crippen MR) is 93.7 cm³/mol. The Bertz CT molecular complexity index is 650. The third kappa shape index (κ3) is 3.41. The van der Waals surface area contributed by atoms with Crippen molar-refractivity contribution in [3.05, 3.63) is 65.2 Å². The van der Waals surface area contributed by atoms with Gasteiger partial charge in [0.1, 0.15) is 0 Å². The summed E-state index contributed by atoms with van der Waals surface area (Å²) in [4.78, 5) is 2.48. The van der Waals surface area contributed by atoms with Gasteiger partial charge in [0, 0.05) is 25.3 Å². The van der Waals surface area contributed by atoms with Gasteiger partial charge in [-0.1, -0.05) is 42.5 Å². The molecule has 1 unspecified atom stereocenters. The highest BCUT2D eigenvalue weighted by Crippen LogP contribution is 2.33. The number of hydrogen-bond donors (Lipinski definition) is 1. The van der Waals surface area contributed by atoms with Crippen molar-refractivity contribution in [2.75, 3.05) is 31.6 Å². The molecular formula is C20H24N2O. The van der Waals surface area contributed by atoms with Gasteiger partial charge in [0.2, 0.25) is 0 Å². The molecule has 0 aliphatic carbocycles. The summed E-state index contributed by atoms with van der Waals surface area (Å²) in [5, 5.41) is 3.71. The van der Waals surface area contributed by atoms with Crippen LogP contribution in [-0.2, 0) is 17.7 Å². The van der Waals surface area contributed by atoms with Gasteiger partial charge in [0.25, 0.3) is 0 Å². The fourth-order valence-electron chi connectivity index (χ4n) is 3.61. The zero-order chi connectivity index (χ0) is 15.5. The number of benzene rings is 2. The monoisotopic (exact) mass is 308 g/mol. The minimum absolute atomic E-state index is 0.439. The third-order valence-corrected chi connectivity index (χ3v) is 4.91. The van der Waals surface area contributed by atoms with E-state index in [1.165, 1.54) is 22.4 Å². The molecule has 0 saturated carbocycles. The maximum absolute atomic E-state index is 5.43. The number of fused-ring (bicyclic) bond motifs is 1. The number of rotatable bonds is 3. The van der Waals surface area contributed by atoms with Crippen LogP contribution in [0.15, 0.2) is 48.5 Å². The Morgan fingerprint density at radius 1 is 1.04 bits per heavy atom. The molecule has 1 fully saturated rings. The Labute approximate surface area is 138 Å². The van der Waals surface area contributed by atoms with Crippen LogP contribution in [0.5, 0.6) is 0 Å². The van der Waals surface area contributed by atoms with Gasteiger partial charge >= 0.3 is 0 Å². The maximum Gasteiger partial charge on any atom is 0.0594 e. The zero-order valence-electron chi connectivity index (χ0n) is 13.5. The van der Waals surface area contributed by atoms with E-state index in [-0.39, 0.29) is 0 Å². The summed E-state index contributed by atoms with van der Waals surface area (Å²) in [5.74, 6) is 0. The highest BCUT2D eigenvalue weighted by molar-refractivity contribution is 5.56. The van der Waals surface area contributed by atoms with E-state index in [2.05, 4.69) is 58.7 Å². The van der Waals surface area contributed by atoms with E-state index in [0.29, 0.717) is 6.04 Å². The van der Waals surface area contributed by atoms with Crippen molar-refractivity contribution < 1.29 is 4.74 Å². The van der Waals surface area contributed by atoms with Gasteiger partial charge in [-0.3, -0.25) is 4.90 Å². The average Bonchev–Trinajstić information content (AvgIpc) is 2.63. The van der Waals surface area contributed by atoms with Crippen LogP contribution >= 0.6 is 0 Å². The summed E-state index contributed by atoms with van der Waals surface area (Å²) in [7, 11) is 0. The van der Waals surface area contributed by atoms with E-state index in [0.717, 1.165) is 45.7 Å². The Hall–Kier alpha value is -1.84. The molecule has 2 aromatic rings. The number of nitrogens with one attached hydrogen (secondary N) is 1. The van der Waals surface area contributed by atoms with Crippen molar-refractivity contribution in [2.24, 2.45) is 0 Å². The van der Waals surface area contributed by atoms with Crippen molar-refractivity contribution in [1.29, 1.82) is 0 Å². The summed E-state index contributed by atoms with van der Waals surface area (Å²) in [5.41, 5.74) is 5.57. The van der Waals surface area contributed by atoms with E-state index < -0.39 is 0 Å². The highest BCUT2D eigenvalue weighted by atomic mass is 16.5. The van der Waals surface area contributed by atoms with E-state index in [1.54, 1.807) is 0 Å². The quantitative estimate of drug-likeness (QED) is 0.937. The van der Waals surface area contributed by atoms with Gasteiger partial charge in [-0.2, -0.15) is 0 Å². The van der Waals surface area contributed by atoms with Crippen molar-refractivity contribution in [1.82, 2.24) is 4.90 Å². The SMILES string of the molecule is c1ccc(C2CCc3cc(CN4CCOCC4)ccc3N2)cc1. The van der Waals surface area contributed by atoms with E-state index in [4.69, 9.17) is 4.74 Å². The molecule has 3 nitrogen and oxygen atoms in total. The first-order valence-electron chi connectivity index (χ1n) is 8.62. The van der Waals surface area contributed by atoms with Gasteiger partial charge in [-0.05, 0) is 35.6 Å². The zero-order valence-corrected chi connectivity index (χ0v) is 13.5. The summed E-state index contributed by atoms with van der Waals surface area (Å²) in [6.07, 6.45) is 2.32. The molecule has 0 amide bonds. The fraction of sp³-hybridized carbons (Fsp3) is 0.400. The van der Waals surface area contributed by atoms with Crippen LogP contribution in [0.2, 0.25) is 0 Å². The van der Waals surface area contributed by atoms with Crippen molar-refractivity contribution in [3.63, 3.8) is 0 Å². The molecule has 0 bridgehead atoms. The van der Waals surface area contributed by atoms with E-state index in [9.17, 15) is 0 Å². The van der Waals surface area contributed by atoms with Gasteiger partial charge in [0.15, 0.2) is 0 Å². The minimum Gasteiger partial charge on any atom is -0.379 e. The second kappa shape index (κ2) is 6.73. The lowest BCUT2D eigenvalue weighted by molar-refractivity contribution is 0.0342. The molecule has 0 radical (unpaired) electrons. The maximum atomic E-state index is 5.43. The predicted octanol–water partition coefficient (Wildman–Crippen LogP) is 3.62. The fourth-order valence-corrected chi connectivity index (χ4v) is 3.61. The number of ether oxygens (including phenoxy) is 1.